The van der Waals surface area contributed by atoms with Gasteiger partial charge in [-0.05, 0) is 31.0 Å². The number of ether oxygens (including phenoxy) is 1. The summed E-state index contributed by atoms with van der Waals surface area (Å²) in [7, 11) is -3.16. The first-order chi connectivity index (χ1) is 9.86. The van der Waals surface area contributed by atoms with Crippen molar-refractivity contribution in [2.75, 3.05) is 26.0 Å². The van der Waals surface area contributed by atoms with Crippen molar-refractivity contribution in [3.63, 3.8) is 0 Å². The van der Waals surface area contributed by atoms with Gasteiger partial charge >= 0.3 is 5.97 Å². The van der Waals surface area contributed by atoms with Crippen molar-refractivity contribution in [3.8, 4) is 5.75 Å². The van der Waals surface area contributed by atoms with Gasteiger partial charge in [0.25, 0.3) is 0 Å². The molecule has 7 heteroatoms. The Kier molecular flexibility index (Phi) is 4.84. The highest BCUT2D eigenvalue weighted by Crippen LogP contribution is 2.21. The lowest BCUT2D eigenvalue weighted by Crippen LogP contribution is -2.40. The molecule has 1 aromatic rings. The molecule has 0 aromatic heterocycles. The number of piperidine rings is 1. The average molecular weight is 313 g/mol. The van der Waals surface area contributed by atoms with Gasteiger partial charge in [0.05, 0.1) is 18.4 Å². The Bertz CT molecular complexity index is 614. The molecule has 2 rings (SSSR count). The second-order valence-electron chi connectivity index (χ2n) is 5.27. The van der Waals surface area contributed by atoms with Gasteiger partial charge in [-0.3, -0.25) is 0 Å². The van der Waals surface area contributed by atoms with Crippen LogP contribution in [0, 0.1) is 5.92 Å². The highest BCUT2D eigenvalue weighted by Gasteiger charge is 2.26. The van der Waals surface area contributed by atoms with E-state index in [2.05, 4.69) is 0 Å². The molecule has 1 unspecified atom stereocenters. The Balaban J connectivity index is 1.94. The van der Waals surface area contributed by atoms with Crippen molar-refractivity contribution >= 4 is 16.0 Å². The fourth-order valence-electron chi connectivity index (χ4n) is 2.40. The number of hydrogen-bond donors (Lipinski definition) is 1. The maximum atomic E-state index is 11.5. The third kappa shape index (κ3) is 4.44. The second kappa shape index (κ2) is 6.44. The number of nitrogens with zero attached hydrogens (tertiary/aromatic N) is 1. The molecule has 1 aliphatic rings. The maximum Gasteiger partial charge on any atom is 0.335 e. The number of rotatable bonds is 5. The summed E-state index contributed by atoms with van der Waals surface area (Å²) in [5.41, 5.74) is 0.175. The van der Waals surface area contributed by atoms with Gasteiger partial charge in [-0.1, -0.05) is 6.07 Å². The monoisotopic (exact) mass is 313 g/mol. The summed E-state index contributed by atoms with van der Waals surface area (Å²) in [6.07, 6.45) is 2.94. The third-order valence-electron chi connectivity index (χ3n) is 3.52. The van der Waals surface area contributed by atoms with E-state index in [9.17, 15) is 13.2 Å². The minimum absolute atomic E-state index is 0.127. The summed E-state index contributed by atoms with van der Waals surface area (Å²) in [4.78, 5) is 10.9. The lowest BCUT2D eigenvalue weighted by atomic mass is 10.0. The molecule has 1 aliphatic heterocycles. The van der Waals surface area contributed by atoms with Gasteiger partial charge in [-0.15, -0.1) is 0 Å². The van der Waals surface area contributed by atoms with Crippen molar-refractivity contribution in [2.45, 2.75) is 12.8 Å². The molecule has 1 fully saturated rings. The molecule has 1 aromatic carbocycles. The Morgan fingerprint density at radius 3 is 2.90 bits per heavy atom. The van der Waals surface area contributed by atoms with Gasteiger partial charge < -0.3 is 9.84 Å². The summed E-state index contributed by atoms with van der Waals surface area (Å²) in [6.45, 7) is 1.40. The molecule has 1 saturated heterocycles. The van der Waals surface area contributed by atoms with Gasteiger partial charge in [0.15, 0.2) is 0 Å². The molecule has 21 heavy (non-hydrogen) atoms. The van der Waals surface area contributed by atoms with Crippen LogP contribution in [0.15, 0.2) is 24.3 Å². The Labute approximate surface area is 124 Å². The van der Waals surface area contributed by atoms with E-state index in [0.29, 0.717) is 25.4 Å². The molecule has 0 saturated carbocycles. The predicted molar refractivity (Wildman–Crippen MR) is 78.0 cm³/mol. The Hall–Kier alpha value is -1.60. The summed E-state index contributed by atoms with van der Waals surface area (Å²) in [5, 5.41) is 8.92. The highest BCUT2D eigenvalue weighted by atomic mass is 32.2. The number of benzene rings is 1. The molecule has 0 spiro atoms. The van der Waals surface area contributed by atoms with Crippen LogP contribution in [0.1, 0.15) is 23.2 Å². The van der Waals surface area contributed by atoms with Crippen LogP contribution >= 0.6 is 0 Å². The van der Waals surface area contributed by atoms with E-state index in [0.717, 1.165) is 12.8 Å². The first-order valence-electron chi connectivity index (χ1n) is 6.77. The normalized spacial score (nSPS) is 20.1. The zero-order chi connectivity index (χ0) is 15.5. The smallest absolute Gasteiger partial charge is 0.335 e. The zero-order valence-corrected chi connectivity index (χ0v) is 12.7. The molecule has 0 amide bonds. The van der Waals surface area contributed by atoms with Crippen LogP contribution in [0.3, 0.4) is 0 Å². The van der Waals surface area contributed by atoms with Crippen LogP contribution in [0.5, 0.6) is 5.75 Å². The van der Waals surface area contributed by atoms with Crippen molar-refractivity contribution in [1.29, 1.82) is 0 Å². The van der Waals surface area contributed by atoms with Crippen LogP contribution in [0.25, 0.3) is 0 Å². The molecule has 1 heterocycles. The lowest BCUT2D eigenvalue weighted by Gasteiger charge is -2.30. The van der Waals surface area contributed by atoms with Crippen molar-refractivity contribution in [3.05, 3.63) is 29.8 Å². The first-order valence-corrected chi connectivity index (χ1v) is 8.62. The quantitative estimate of drug-likeness (QED) is 0.889. The minimum Gasteiger partial charge on any atom is -0.493 e. The van der Waals surface area contributed by atoms with E-state index in [1.807, 2.05) is 0 Å². The van der Waals surface area contributed by atoms with Crippen LogP contribution in [-0.4, -0.2) is 49.8 Å². The second-order valence-corrected chi connectivity index (χ2v) is 7.26. The molecule has 1 atom stereocenters. The number of carboxylic acids is 1. The van der Waals surface area contributed by atoms with E-state index in [-0.39, 0.29) is 11.5 Å². The van der Waals surface area contributed by atoms with E-state index >= 15 is 0 Å². The van der Waals surface area contributed by atoms with Crippen LogP contribution in [-0.2, 0) is 10.0 Å². The maximum absolute atomic E-state index is 11.5. The highest BCUT2D eigenvalue weighted by molar-refractivity contribution is 7.88. The summed E-state index contributed by atoms with van der Waals surface area (Å²) in [6, 6.07) is 6.30. The third-order valence-corrected chi connectivity index (χ3v) is 4.79. The van der Waals surface area contributed by atoms with Gasteiger partial charge in [0.2, 0.25) is 10.0 Å². The van der Waals surface area contributed by atoms with Crippen LogP contribution < -0.4 is 4.74 Å². The average Bonchev–Trinajstić information content (AvgIpc) is 2.45. The van der Waals surface area contributed by atoms with E-state index in [1.165, 1.54) is 22.7 Å². The number of sulfonamides is 1. The molecular formula is C14H19NO5S. The lowest BCUT2D eigenvalue weighted by molar-refractivity contribution is 0.0696. The van der Waals surface area contributed by atoms with Gasteiger partial charge in [-0.2, -0.15) is 0 Å². The number of carboxylic acid groups (broad SMARTS) is 1. The molecule has 116 valence electrons. The Morgan fingerprint density at radius 1 is 1.48 bits per heavy atom. The summed E-state index contributed by atoms with van der Waals surface area (Å²) >= 11 is 0. The van der Waals surface area contributed by atoms with Gasteiger partial charge in [-0.25, -0.2) is 17.5 Å². The van der Waals surface area contributed by atoms with Crippen molar-refractivity contribution < 1.29 is 23.1 Å². The zero-order valence-electron chi connectivity index (χ0n) is 11.9. The van der Waals surface area contributed by atoms with Crippen LogP contribution in [0.2, 0.25) is 0 Å². The van der Waals surface area contributed by atoms with Crippen molar-refractivity contribution in [1.82, 2.24) is 4.31 Å². The molecule has 1 N–H and O–H groups in total. The fourth-order valence-corrected chi connectivity index (χ4v) is 3.34. The van der Waals surface area contributed by atoms with Gasteiger partial charge in [0.1, 0.15) is 5.75 Å². The molecule has 6 nitrogen and oxygen atoms in total. The van der Waals surface area contributed by atoms with Gasteiger partial charge in [0, 0.05) is 19.0 Å². The van der Waals surface area contributed by atoms with Crippen LogP contribution in [0.4, 0.5) is 0 Å². The first kappa shape index (κ1) is 15.8. The number of hydrogen-bond acceptors (Lipinski definition) is 4. The summed E-state index contributed by atoms with van der Waals surface area (Å²) < 4.78 is 30.2. The minimum atomic E-state index is -3.16. The van der Waals surface area contributed by atoms with E-state index < -0.39 is 16.0 Å². The van der Waals surface area contributed by atoms with E-state index in [4.69, 9.17) is 9.84 Å². The molecule has 0 aliphatic carbocycles. The standard InChI is InChI=1S/C14H19NO5S/c1-21(18,19)15-7-3-4-11(9-15)10-20-13-6-2-5-12(8-13)14(16)17/h2,5-6,8,11H,3-4,7,9-10H2,1H3,(H,16,17). The molecular weight excluding hydrogens is 294 g/mol. The molecule has 0 radical (unpaired) electrons. The number of aromatic carboxylic acids is 1. The summed E-state index contributed by atoms with van der Waals surface area (Å²) in [5.74, 6) is -0.380. The van der Waals surface area contributed by atoms with E-state index in [1.54, 1.807) is 12.1 Å². The SMILES string of the molecule is CS(=O)(=O)N1CCCC(COc2cccc(C(=O)O)c2)C1. The number of carbonyl (C=O) groups is 1. The largest absolute Gasteiger partial charge is 0.493 e. The topological polar surface area (TPSA) is 83.9 Å². The molecule has 0 bridgehead atoms. The predicted octanol–water partition coefficient (Wildman–Crippen LogP) is 1.44. The van der Waals surface area contributed by atoms with Crippen molar-refractivity contribution in [2.24, 2.45) is 5.92 Å². The Morgan fingerprint density at radius 2 is 2.24 bits per heavy atom. The fraction of sp³-hybridized carbons (Fsp3) is 0.500.